The lowest BCUT2D eigenvalue weighted by Crippen LogP contribution is -2.35. The average Bonchev–Trinajstić information content (AvgIpc) is 2.49. The van der Waals surface area contributed by atoms with Crippen LogP contribution in [-0.2, 0) is 4.79 Å². The minimum Gasteiger partial charge on any atom is -0.393 e. The first-order valence-corrected chi connectivity index (χ1v) is 8.94. The van der Waals surface area contributed by atoms with Crippen LogP contribution < -0.4 is 10.6 Å². The van der Waals surface area contributed by atoms with E-state index in [1.165, 1.54) is 11.5 Å². The number of thioether (sulfide) groups is 1. The van der Waals surface area contributed by atoms with Crippen molar-refractivity contribution >= 4 is 40.6 Å². The Labute approximate surface area is 136 Å². The summed E-state index contributed by atoms with van der Waals surface area (Å²) in [6.45, 7) is 0.569. The molecule has 0 saturated carbocycles. The Bertz CT molecular complexity index is 472. The topological polar surface area (TPSA) is 46.3 Å². The van der Waals surface area contributed by atoms with E-state index in [-0.39, 0.29) is 5.91 Å². The maximum absolute atomic E-state index is 12.7. The minimum atomic E-state index is 0.189. The molecule has 0 radical (unpaired) electrons. The van der Waals surface area contributed by atoms with Crippen molar-refractivity contribution in [3.8, 4) is 0 Å². The molecule has 1 fully saturated rings. The molecule has 0 aliphatic carbocycles. The van der Waals surface area contributed by atoms with Crippen molar-refractivity contribution in [1.82, 2.24) is 0 Å². The standard InChI is InChI=1S/C16H22N2OS2/c17-15(20)6-9-18(14-4-2-1-3-5-14)16(19)12-13-7-10-21-11-8-13/h1-5,13H,6-12H2,(H2,17,20). The Balaban J connectivity index is 2.02. The van der Waals surface area contributed by atoms with Crippen LogP contribution in [0.1, 0.15) is 25.7 Å². The molecule has 0 atom stereocenters. The van der Waals surface area contributed by atoms with Crippen molar-refractivity contribution in [3.63, 3.8) is 0 Å². The van der Waals surface area contributed by atoms with Crippen molar-refractivity contribution in [2.24, 2.45) is 11.7 Å². The first-order valence-electron chi connectivity index (χ1n) is 7.38. The molecule has 0 bridgehead atoms. The van der Waals surface area contributed by atoms with Gasteiger partial charge in [0.25, 0.3) is 0 Å². The second kappa shape index (κ2) is 8.39. The number of anilines is 1. The van der Waals surface area contributed by atoms with Gasteiger partial charge < -0.3 is 10.6 Å². The molecule has 2 N–H and O–H groups in total. The van der Waals surface area contributed by atoms with Crippen molar-refractivity contribution in [3.05, 3.63) is 30.3 Å². The number of hydrogen-bond donors (Lipinski definition) is 1. The van der Waals surface area contributed by atoms with Crippen LogP contribution in [-0.4, -0.2) is 28.9 Å². The second-order valence-electron chi connectivity index (χ2n) is 5.36. The Hall–Kier alpha value is -1.07. The van der Waals surface area contributed by atoms with Crippen LogP contribution >= 0.6 is 24.0 Å². The van der Waals surface area contributed by atoms with E-state index >= 15 is 0 Å². The summed E-state index contributed by atoms with van der Waals surface area (Å²) in [5.74, 6) is 3.07. The molecule has 1 heterocycles. The molecule has 0 spiro atoms. The quantitative estimate of drug-likeness (QED) is 0.817. The zero-order chi connectivity index (χ0) is 15.1. The number of thiocarbonyl (C=S) groups is 1. The fourth-order valence-corrected chi connectivity index (χ4v) is 3.83. The number of amides is 1. The predicted molar refractivity (Wildman–Crippen MR) is 94.9 cm³/mol. The zero-order valence-corrected chi connectivity index (χ0v) is 13.8. The van der Waals surface area contributed by atoms with Gasteiger partial charge in [-0.1, -0.05) is 30.4 Å². The Morgan fingerprint density at radius 1 is 1.29 bits per heavy atom. The number of hydrogen-bond acceptors (Lipinski definition) is 3. The maximum Gasteiger partial charge on any atom is 0.227 e. The van der Waals surface area contributed by atoms with Crippen LogP contribution in [0.4, 0.5) is 5.69 Å². The summed E-state index contributed by atoms with van der Waals surface area (Å²) in [5.41, 5.74) is 6.53. The minimum absolute atomic E-state index is 0.189. The molecule has 1 aromatic rings. The smallest absolute Gasteiger partial charge is 0.227 e. The number of para-hydroxylation sites is 1. The van der Waals surface area contributed by atoms with E-state index in [1.807, 2.05) is 47.0 Å². The van der Waals surface area contributed by atoms with E-state index in [0.29, 0.717) is 30.3 Å². The normalized spacial score (nSPS) is 15.6. The van der Waals surface area contributed by atoms with E-state index in [2.05, 4.69) is 0 Å². The van der Waals surface area contributed by atoms with Crippen molar-refractivity contribution < 1.29 is 4.79 Å². The Morgan fingerprint density at radius 2 is 1.95 bits per heavy atom. The van der Waals surface area contributed by atoms with Gasteiger partial charge in [-0.25, -0.2) is 0 Å². The maximum atomic E-state index is 12.7. The number of nitrogens with zero attached hydrogens (tertiary/aromatic N) is 1. The molecule has 21 heavy (non-hydrogen) atoms. The molecule has 1 aromatic carbocycles. The molecule has 5 heteroatoms. The third-order valence-electron chi connectivity index (χ3n) is 3.75. The molecular weight excluding hydrogens is 300 g/mol. The molecule has 2 rings (SSSR count). The highest BCUT2D eigenvalue weighted by Crippen LogP contribution is 2.27. The zero-order valence-electron chi connectivity index (χ0n) is 12.2. The molecule has 1 amide bonds. The van der Waals surface area contributed by atoms with E-state index in [4.69, 9.17) is 18.0 Å². The molecule has 0 aromatic heterocycles. The molecule has 114 valence electrons. The highest BCUT2D eigenvalue weighted by Gasteiger charge is 2.22. The SMILES string of the molecule is NC(=S)CCN(C(=O)CC1CCSCC1)c1ccccc1. The van der Waals surface area contributed by atoms with Gasteiger partial charge in [-0.05, 0) is 42.4 Å². The summed E-state index contributed by atoms with van der Waals surface area (Å²) in [4.78, 5) is 14.9. The van der Waals surface area contributed by atoms with E-state index in [0.717, 1.165) is 18.5 Å². The van der Waals surface area contributed by atoms with Crippen LogP contribution in [0.3, 0.4) is 0 Å². The summed E-state index contributed by atoms with van der Waals surface area (Å²) in [6.07, 6.45) is 3.49. The number of carbonyl (C=O) groups is 1. The number of carbonyl (C=O) groups excluding carboxylic acids is 1. The van der Waals surface area contributed by atoms with Crippen LogP contribution in [0.2, 0.25) is 0 Å². The van der Waals surface area contributed by atoms with Gasteiger partial charge in [0.1, 0.15) is 0 Å². The molecule has 1 saturated heterocycles. The van der Waals surface area contributed by atoms with Gasteiger partial charge >= 0.3 is 0 Å². The first-order chi connectivity index (χ1) is 10.2. The Kier molecular flexibility index (Phi) is 6.51. The fourth-order valence-electron chi connectivity index (χ4n) is 2.54. The summed E-state index contributed by atoms with van der Waals surface area (Å²) in [7, 11) is 0. The summed E-state index contributed by atoms with van der Waals surface area (Å²) >= 11 is 6.94. The van der Waals surface area contributed by atoms with Crippen LogP contribution in [0, 0.1) is 5.92 Å². The van der Waals surface area contributed by atoms with Crippen molar-refractivity contribution in [2.45, 2.75) is 25.7 Å². The fraction of sp³-hybridized carbons (Fsp3) is 0.500. The van der Waals surface area contributed by atoms with Gasteiger partial charge in [0.2, 0.25) is 5.91 Å². The highest BCUT2D eigenvalue weighted by atomic mass is 32.2. The van der Waals surface area contributed by atoms with Gasteiger partial charge in [-0.2, -0.15) is 11.8 Å². The van der Waals surface area contributed by atoms with Gasteiger partial charge in [0, 0.05) is 25.1 Å². The molecule has 1 aliphatic heterocycles. The summed E-state index contributed by atoms with van der Waals surface area (Å²) in [5, 5.41) is 0. The third kappa shape index (κ3) is 5.32. The van der Waals surface area contributed by atoms with Gasteiger partial charge in [0.05, 0.1) is 4.99 Å². The van der Waals surface area contributed by atoms with Gasteiger partial charge in [-0.3, -0.25) is 4.79 Å². The largest absolute Gasteiger partial charge is 0.393 e. The van der Waals surface area contributed by atoms with Crippen LogP contribution in [0.5, 0.6) is 0 Å². The second-order valence-corrected chi connectivity index (χ2v) is 7.11. The lowest BCUT2D eigenvalue weighted by atomic mass is 9.98. The predicted octanol–water partition coefficient (Wildman–Crippen LogP) is 3.23. The molecule has 3 nitrogen and oxygen atoms in total. The molecule has 1 aliphatic rings. The first kappa shape index (κ1) is 16.3. The van der Waals surface area contributed by atoms with Crippen LogP contribution in [0.25, 0.3) is 0 Å². The van der Waals surface area contributed by atoms with Crippen LogP contribution in [0.15, 0.2) is 30.3 Å². The van der Waals surface area contributed by atoms with Gasteiger partial charge in [-0.15, -0.1) is 0 Å². The monoisotopic (exact) mass is 322 g/mol. The lowest BCUT2D eigenvalue weighted by Gasteiger charge is -2.27. The number of benzene rings is 1. The summed E-state index contributed by atoms with van der Waals surface area (Å²) in [6, 6.07) is 9.79. The lowest BCUT2D eigenvalue weighted by molar-refractivity contribution is -0.119. The number of rotatable bonds is 6. The molecular formula is C16H22N2OS2. The molecule has 0 unspecified atom stereocenters. The highest BCUT2D eigenvalue weighted by molar-refractivity contribution is 7.99. The number of nitrogens with two attached hydrogens (primary N) is 1. The van der Waals surface area contributed by atoms with Crippen molar-refractivity contribution in [1.29, 1.82) is 0 Å². The average molecular weight is 322 g/mol. The summed E-state index contributed by atoms with van der Waals surface area (Å²) < 4.78 is 0. The third-order valence-corrected chi connectivity index (χ3v) is 5.01. The van der Waals surface area contributed by atoms with E-state index in [1.54, 1.807) is 0 Å². The van der Waals surface area contributed by atoms with Gasteiger partial charge in [0.15, 0.2) is 0 Å². The van der Waals surface area contributed by atoms with Crippen molar-refractivity contribution in [2.75, 3.05) is 23.0 Å². The van der Waals surface area contributed by atoms with E-state index in [9.17, 15) is 4.79 Å². The van der Waals surface area contributed by atoms with E-state index < -0.39 is 0 Å². The Morgan fingerprint density at radius 3 is 2.57 bits per heavy atom.